The van der Waals surface area contributed by atoms with Crippen LogP contribution in [0.1, 0.15) is 0 Å². The molecule has 4 N–H and O–H groups in total. The van der Waals surface area contributed by atoms with Crippen LogP contribution in [-0.4, -0.2) is 219 Å². The van der Waals surface area contributed by atoms with Crippen LogP contribution in [0.4, 0.5) is 0 Å². The maximum absolute atomic E-state index is 8.50. The Balaban J connectivity index is 0. The number of aliphatic hydroxyl groups excluding tert-OH is 4. The first-order valence-corrected chi connectivity index (χ1v) is 16.3. The van der Waals surface area contributed by atoms with E-state index in [9.17, 15) is 0 Å². The molecular formula is C30H64O17. The quantitative estimate of drug-likeness (QED) is 0.0519. The molecule has 0 aromatic heterocycles. The second kappa shape index (κ2) is 49.7. The average Bonchev–Trinajstić information content (AvgIpc) is 3.09. The molecule has 0 aromatic carbocycles. The van der Waals surface area contributed by atoms with Crippen LogP contribution < -0.4 is 0 Å². The third kappa shape index (κ3) is 52.3. The normalized spacial score (nSPS) is 11.2. The lowest BCUT2D eigenvalue weighted by atomic mass is 10.6. The average molecular weight is 697 g/mol. The summed E-state index contributed by atoms with van der Waals surface area (Å²) in [6.07, 6.45) is 0. The highest BCUT2D eigenvalue weighted by atomic mass is 16.6. The van der Waals surface area contributed by atoms with E-state index < -0.39 is 0 Å². The maximum Gasteiger partial charge on any atom is 0.0701 e. The molecule has 17 heteroatoms. The second-order valence-electron chi connectivity index (χ2n) is 8.86. The monoisotopic (exact) mass is 696 g/mol. The molecule has 17 nitrogen and oxygen atoms in total. The molecule has 0 aromatic rings. The third-order valence-electron chi connectivity index (χ3n) is 5.03. The minimum absolute atomic E-state index is 0.0312. The Labute approximate surface area is 280 Å². The number of rotatable bonds is 41. The summed E-state index contributed by atoms with van der Waals surface area (Å²) in [6.45, 7) is 12.6. The predicted octanol–water partition coefficient (Wildman–Crippen LogP) is -1.84. The highest BCUT2D eigenvalue weighted by Crippen LogP contribution is 1.86. The van der Waals surface area contributed by atoms with Crippen molar-refractivity contribution in [3.8, 4) is 0 Å². The Morgan fingerprint density at radius 1 is 0.149 bits per heavy atom. The molecule has 0 amide bonds. The van der Waals surface area contributed by atoms with E-state index in [2.05, 4.69) is 0 Å². The first-order valence-electron chi connectivity index (χ1n) is 16.3. The van der Waals surface area contributed by atoms with Crippen LogP contribution in [0.2, 0.25) is 0 Å². The van der Waals surface area contributed by atoms with Gasteiger partial charge in [-0.1, -0.05) is 0 Å². The number of ether oxygens (including phenoxy) is 13. The summed E-state index contributed by atoms with van der Waals surface area (Å²) in [5.74, 6) is 0. The largest absolute Gasteiger partial charge is 0.394 e. The van der Waals surface area contributed by atoms with Crippen LogP contribution in [0.5, 0.6) is 0 Å². The summed E-state index contributed by atoms with van der Waals surface area (Å²) in [6, 6.07) is 0. The van der Waals surface area contributed by atoms with Crippen LogP contribution in [-0.2, 0) is 61.6 Å². The fraction of sp³-hybridized carbons (Fsp3) is 1.00. The van der Waals surface area contributed by atoms with Gasteiger partial charge in [0.1, 0.15) is 0 Å². The maximum atomic E-state index is 8.50. The van der Waals surface area contributed by atoms with E-state index in [-0.39, 0.29) is 26.4 Å². The molecule has 0 unspecified atom stereocenters. The lowest BCUT2D eigenvalue weighted by Gasteiger charge is -2.08. The van der Waals surface area contributed by atoms with Crippen molar-refractivity contribution in [2.75, 3.05) is 198 Å². The van der Waals surface area contributed by atoms with Gasteiger partial charge in [0.15, 0.2) is 0 Å². The van der Waals surface area contributed by atoms with Crippen molar-refractivity contribution in [3.05, 3.63) is 0 Å². The minimum atomic E-state index is 0.0312. The molecule has 286 valence electrons. The lowest BCUT2D eigenvalue weighted by Crippen LogP contribution is -2.14. The van der Waals surface area contributed by atoms with Crippen molar-refractivity contribution < 1.29 is 82.0 Å². The molecule has 0 aliphatic carbocycles. The highest BCUT2D eigenvalue weighted by Gasteiger charge is 1.96. The molecule has 0 aliphatic rings. The van der Waals surface area contributed by atoms with Gasteiger partial charge in [0, 0.05) is 0 Å². The summed E-state index contributed by atoms with van der Waals surface area (Å²) < 4.78 is 67.9. The fourth-order valence-electron chi connectivity index (χ4n) is 2.88. The van der Waals surface area contributed by atoms with E-state index in [1.54, 1.807) is 0 Å². The SMILES string of the molecule is OCCOCCOCCOCCOCCOCCOCCO.OCCOCCOCCOCCOCCOCCOCCOCCO. The molecule has 0 aliphatic heterocycles. The summed E-state index contributed by atoms with van der Waals surface area (Å²) >= 11 is 0. The molecule has 0 spiro atoms. The highest BCUT2D eigenvalue weighted by molar-refractivity contribution is 4.38. The van der Waals surface area contributed by atoms with Crippen LogP contribution >= 0.6 is 0 Å². The van der Waals surface area contributed by atoms with E-state index >= 15 is 0 Å². The van der Waals surface area contributed by atoms with E-state index in [1.807, 2.05) is 0 Å². The van der Waals surface area contributed by atoms with Crippen molar-refractivity contribution in [3.63, 3.8) is 0 Å². The van der Waals surface area contributed by atoms with Crippen molar-refractivity contribution in [2.24, 2.45) is 0 Å². The smallest absolute Gasteiger partial charge is 0.0701 e. The second-order valence-corrected chi connectivity index (χ2v) is 8.86. The number of aliphatic hydroxyl groups is 4. The molecule has 0 saturated heterocycles. The molecule has 0 radical (unpaired) electrons. The minimum Gasteiger partial charge on any atom is -0.394 e. The van der Waals surface area contributed by atoms with Crippen LogP contribution in [0.25, 0.3) is 0 Å². The number of hydrogen-bond donors (Lipinski definition) is 4. The van der Waals surface area contributed by atoms with Gasteiger partial charge in [-0.25, -0.2) is 0 Å². The van der Waals surface area contributed by atoms with Gasteiger partial charge in [-0.2, -0.15) is 0 Å². The van der Waals surface area contributed by atoms with Crippen molar-refractivity contribution >= 4 is 0 Å². The van der Waals surface area contributed by atoms with Gasteiger partial charge in [0.2, 0.25) is 0 Å². The van der Waals surface area contributed by atoms with Crippen molar-refractivity contribution in [1.82, 2.24) is 0 Å². The summed E-state index contributed by atoms with van der Waals surface area (Å²) in [7, 11) is 0. The van der Waals surface area contributed by atoms with Crippen LogP contribution in [0.3, 0.4) is 0 Å². The van der Waals surface area contributed by atoms with E-state index in [4.69, 9.17) is 82.0 Å². The van der Waals surface area contributed by atoms with Crippen molar-refractivity contribution in [1.29, 1.82) is 0 Å². The molecule has 0 saturated carbocycles. The van der Waals surface area contributed by atoms with Gasteiger partial charge in [-0.05, 0) is 0 Å². The van der Waals surface area contributed by atoms with Gasteiger partial charge in [0.25, 0.3) is 0 Å². The molecule has 47 heavy (non-hydrogen) atoms. The van der Waals surface area contributed by atoms with E-state index in [0.717, 1.165) is 0 Å². The molecule has 0 fully saturated rings. The Morgan fingerprint density at radius 2 is 0.234 bits per heavy atom. The lowest BCUT2D eigenvalue weighted by molar-refractivity contribution is -0.0223. The van der Waals surface area contributed by atoms with Crippen LogP contribution in [0.15, 0.2) is 0 Å². The molecule has 0 atom stereocenters. The Kier molecular flexibility index (Phi) is 51.2. The first-order chi connectivity index (χ1) is 23.3. The predicted molar refractivity (Wildman–Crippen MR) is 169 cm³/mol. The standard InChI is InChI=1S/C16H34O9.C14H30O8/c17-1-3-19-5-7-21-9-11-23-13-15-25-16-14-24-12-10-22-8-6-20-4-2-18;15-1-3-17-5-7-19-9-11-21-13-14-22-12-10-20-8-6-18-4-2-16/h17-18H,1-16H2;15-16H,1-14H2. The van der Waals surface area contributed by atoms with Gasteiger partial charge < -0.3 is 82.0 Å². The fourth-order valence-corrected chi connectivity index (χ4v) is 2.88. The van der Waals surface area contributed by atoms with Gasteiger partial charge in [-0.15, -0.1) is 0 Å². The van der Waals surface area contributed by atoms with Crippen LogP contribution in [0, 0.1) is 0 Å². The number of hydrogen-bond acceptors (Lipinski definition) is 17. The third-order valence-corrected chi connectivity index (χ3v) is 5.03. The topological polar surface area (TPSA) is 201 Å². The molecule has 0 rings (SSSR count). The van der Waals surface area contributed by atoms with Gasteiger partial charge in [-0.3, -0.25) is 0 Å². The Hall–Kier alpha value is -0.680. The van der Waals surface area contributed by atoms with Crippen molar-refractivity contribution in [2.45, 2.75) is 0 Å². The summed E-state index contributed by atoms with van der Waals surface area (Å²) in [4.78, 5) is 0. The van der Waals surface area contributed by atoms with Gasteiger partial charge >= 0.3 is 0 Å². The first kappa shape index (κ1) is 48.4. The Bertz CT molecular complexity index is 469. The Morgan fingerprint density at radius 3 is 0.319 bits per heavy atom. The zero-order valence-electron chi connectivity index (χ0n) is 28.3. The molecule has 0 heterocycles. The molecular weight excluding hydrogens is 632 g/mol. The zero-order chi connectivity index (χ0) is 34.4. The van der Waals surface area contributed by atoms with Gasteiger partial charge in [0.05, 0.1) is 198 Å². The zero-order valence-corrected chi connectivity index (χ0v) is 28.3. The molecule has 0 bridgehead atoms. The van der Waals surface area contributed by atoms with E-state index in [1.165, 1.54) is 0 Å². The van der Waals surface area contributed by atoms with E-state index in [0.29, 0.717) is 172 Å². The summed E-state index contributed by atoms with van der Waals surface area (Å²) in [5, 5.41) is 34.0. The summed E-state index contributed by atoms with van der Waals surface area (Å²) in [5.41, 5.74) is 0.